The number of sulfonamides is 1. The third-order valence-electron chi connectivity index (χ3n) is 4.60. The molecule has 2 heterocycles. The maximum atomic E-state index is 12.9. The normalized spacial score (nSPS) is 16.5. The van der Waals surface area contributed by atoms with Gasteiger partial charge in [-0.2, -0.15) is 4.31 Å². The van der Waals surface area contributed by atoms with Crippen molar-refractivity contribution < 1.29 is 13.2 Å². The lowest BCUT2D eigenvalue weighted by atomic mass is 9.99. The van der Waals surface area contributed by atoms with Gasteiger partial charge in [-0.25, -0.2) is 13.4 Å². The number of amides is 1. The lowest BCUT2D eigenvalue weighted by molar-refractivity contribution is -0.119. The van der Waals surface area contributed by atoms with Crippen LogP contribution >= 0.6 is 11.3 Å². The largest absolute Gasteiger partial charge is 0.351 e. The molecule has 140 valence electrons. The number of nitrogens with one attached hydrogen (secondary N) is 1. The van der Waals surface area contributed by atoms with E-state index >= 15 is 0 Å². The zero-order chi connectivity index (χ0) is 18.7. The summed E-state index contributed by atoms with van der Waals surface area (Å²) in [6.45, 7) is 4.75. The molecule has 1 aromatic heterocycles. The predicted molar refractivity (Wildman–Crippen MR) is 102 cm³/mol. The molecule has 2 aromatic rings. The van der Waals surface area contributed by atoms with Crippen molar-refractivity contribution in [3.05, 3.63) is 45.9 Å². The molecule has 0 bridgehead atoms. The number of aromatic nitrogens is 1. The van der Waals surface area contributed by atoms with Crippen molar-refractivity contribution in [3.8, 4) is 0 Å². The molecule has 1 fully saturated rings. The summed E-state index contributed by atoms with van der Waals surface area (Å²) in [6.07, 6.45) is 1.52. The molecule has 8 heteroatoms. The topological polar surface area (TPSA) is 79.4 Å². The van der Waals surface area contributed by atoms with Gasteiger partial charge in [0, 0.05) is 31.3 Å². The average Bonchev–Trinajstić information content (AvgIpc) is 3.09. The van der Waals surface area contributed by atoms with Crippen molar-refractivity contribution >= 4 is 27.3 Å². The fourth-order valence-corrected chi connectivity index (χ4v) is 5.82. The molecule has 3 rings (SSSR count). The summed E-state index contributed by atoms with van der Waals surface area (Å²) in [5.74, 6) is 0.198. The lowest BCUT2D eigenvalue weighted by Gasteiger charge is -2.30. The number of nitrogens with zero attached hydrogens (tertiary/aromatic N) is 2. The Bertz CT molecular complexity index is 885. The van der Waals surface area contributed by atoms with Gasteiger partial charge in [0.25, 0.3) is 0 Å². The highest BCUT2D eigenvalue weighted by molar-refractivity contribution is 7.89. The fraction of sp³-hybridized carbons (Fsp3) is 0.444. The second kappa shape index (κ2) is 7.85. The standard InChI is InChI=1S/C18H23N3O3S2/c1-13-5-3-4-6-17(13)26(23,24)21-9-7-15(8-10-21)18-20-16(12-25-18)11-19-14(2)22/h3-6,12,15H,7-11H2,1-2H3,(H,19,22). The summed E-state index contributed by atoms with van der Waals surface area (Å²) in [4.78, 5) is 16.0. The minimum atomic E-state index is -3.44. The first-order chi connectivity index (χ1) is 12.4. The second-order valence-electron chi connectivity index (χ2n) is 6.53. The highest BCUT2D eigenvalue weighted by Crippen LogP contribution is 2.32. The highest BCUT2D eigenvalue weighted by atomic mass is 32.2. The lowest BCUT2D eigenvalue weighted by Crippen LogP contribution is -2.38. The molecule has 0 saturated carbocycles. The molecule has 1 aromatic carbocycles. The van der Waals surface area contributed by atoms with Crippen molar-refractivity contribution in [2.45, 2.75) is 44.0 Å². The van der Waals surface area contributed by atoms with E-state index in [2.05, 4.69) is 10.3 Å². The summed E-state index contributed by atoms with van der Waals surface area (Å²) in [5.41, 5.74) is 1.63. The monoisotopic (exact) mass is 393 g/mol. The first-order valence-corrected chi connectivity index (χ1v) is 10.9. The smallest absolute Gasteiger partial charge is 0.243 e. The van der Waals surface area contributed by atoms with E-state index in [9.17, 15) is 13.2 Å². The van der Waals surface area contributed by atoms with Crippen molar-refractivity contribution in [1.82, 2.24) is 14.6 Å². The van der Waals surface area contributed by atoms with Gasteiger partial charge in [0.1, 0.15) is 0 Å². The van der Waals surface area contributed by atoms with Crippen LogP contribution in [-0.4, -0.2) is 36.7 Å². The summed E-state index contributed by atoms with van der Waals surface area (Å²) >= 11 is 1.58. The molecule has 0 aliphatic carbocycles. The molecule has 1 saturated heterocycles. The van der Waals surface area contributed by atoms with Crippen LogP contribution in [0.4, 0.5) is 0 Å². The highest BCUT2D eigenvalue weighted by Gasteiger charge is 2.31. The summed E-state index contributed by atoms with van der Waals surface area (Å²) < 4.78 is 27.3. The molecular weight excluding hydrogens is 370 g/mol. The first kappa shape index (κ1) is 19.0. The fourth-order valence-electron chi connectivity index (χ4n) is 3.13. The van der Waals surface area contributed by atoms with Gasteiger partial charge in [0.2, 0.25) is 15.9 Å². The molecule has 0 radical (unpaired) electrons. The number of carbonyl (C=O) groups is 1. The number of benzene rings is 1. The van der Waals surface area contributed by atoms with Crippen LogP contribution in [0.15, 0.2) is 34.5 Å². The Morgan fingerprint density at radius 1 is 1.31 bits per heavy atom. The number of hydrogen-bond acceptors (Lipinski definition) is 5. The van der Waals surface area contributed by atoms with Crippen molar-refractivity contribution in [2.75, 3.05) is 13.1 Å². The second-order valence-corrected chi connectivity index (χ2v) is 9.33. The zero-order valence-corrected chi connectivity index (χ0v) is 16.6. The van der Waals surface area contributed by atoms with Crippen molar-refractivity contribution in [3.63, 3.8) is 0 Å². The van der Waals surface area contributed by atoms with Crippen molar-refractivity contribution in [2.24, 2.45) is 0 Å². The zero-order valence-electron chi connectivity index (χ0n) is 14.9. The van der Waals surface area contributed by atoms with Crippen LogP contribution < -0.4 is 5.32 Å². The molecular formula is C18H23N3O3S2. The Morgan fingerprint density at radius 3 is 2.65 bits per heavy atom. The number of thiazole rings is 1. The average molecular weight is 394 g/mol. The molecule has 26 heavy (non-hydrogen) atoms. The number of carbonyl (C=O) groups excluding carboxylic acids is 1. The van der Waals surface area contributed by atoms with Gasteiger partial charge in [-0.15, -0.1) is 11.3 Å². The molecule has 0 atom stereocenters. The van der Waals surface area contributed by atoms with Gasteiger partial charge in [-0.3, -0.25) is 4.79 Å². The molecule has 1 N–H and O–H groups in total. The quantitative estimate of drug-likeness (QED) is 0.847. The summed E-state index contributed by atoms with van der Waals surface area (Å²) in [5, 5.41) is 5.73. The Morgan fingerprint density at radius 2 is 2.00 bits per heavy atom. The van der Waals surface area contributed by atoms with E-state index in [0.717, 1.165) is 29.1 Å². The van der Waals surface area contributed by atoms with E-state index in [1.54, 1.807) is 27.8 Å². The van der Waals surface area contributed by atoms with E-state index in [1.165, 1.54) is 6.92 Å². The van der Waals surface area contributed by atoms with E-state index in [-0.39, 0.29) is 11.8 Å². The predicted octanol–water partition coefficient (Wildman–Crippen LogP) is 2.66. The molecule has 0 spiro atoms. The van der Waals surface area contributed by atoms with Crippen LogP contribution in [0.1, 0.15) is 41.9 Å². The molecule has 1 amide bonds. The Hall–Kier alpha value is -1.77. The van der Waals surface area contributed by atoms with Gasteiger partial charge in [-0.05, 0) is 31.4 Å². The number of hydrogen-bond donors (Lipinski definition) is 1. The van der Waals surface area contributed by atoms with Gasteiger partial charge >= 0.3 is 0 Å². The van der Waals surface area contributed by atoms with E-state index in [0.29, 0.717) is 24.5 Å². The van der Waals surface area contributed by atoms with Crippen molar-refractivity contribution in [1.29, 1.82) is 0 Å². The third-order valence-corrected chi connectivity index (χ3v) is 7.72. The first-order valence-electron chi connectivity index (χ1n) is 8.62. The summed E-state index contributed by atoms with van der Waals surface area (Å²) in [7, 11) is -3.44. The molecule has 1 aliphatic rings. The van der Waals surface area contributed by atoms with Gasteiger partial charge < -0.3 is 5.32 Å². The van der Waals surface area contributed by atoms with E-state index in [4.69, 9.17) is 0 Å². The van der Waals surface area contributed by atoms with E-state index < -0.39 is 10.0 Å². The van der Waals surface area contributed by atoms with E-state index in [1.807, 2.05) is 24.4 Å². The number of aryl methyl sites for hydroxylation is 1. The van der Waals surface area contributed by atoms with Crippen LogP contribution in [0.25, 0.3) is 0 Å². The Balaban J connectivity index is 1.64. The van der Waals surface area contributed by atoms with Crippen LogP contribution in [-0.2, 0) is 21.4 Å². The summed E-state index contributed by atoms with van der Waals surface area (Å²) in [6, 6.07) is 7.11. The Labute approximate surface area is 158 Å². The molecule has 0 unspecified atom stereocenters. The molecule has 6 nitrogen and oxygen atoms in total. The molecule has 1 aliphatic heterocycles. The maximum Gasteiger partial charge on any atom is 0.243 e. The van der Waals surface area contributed by atoms with Crippen LogP contribution in [0.2, 0.25) is 0 Å². The van der Waals surface area contributed by atoms with Gasteiger partial charge in [0.15, 0.2) is 0 Å². The van der Waals surface area contributed by atoms with Gasteiger partial charge in [0.05, 0.1) is 22.1 Å². The number of piperidine rings is 1. The Kier molecular flexibility index (Phi) is 5.74. The number of rotatable bonds is 5. The van der Waals surface area contributed by atoms with Crippen LogP contribution in [0.5, 0.6) is 0 Å². The van der Waals surface area contributed by atoms with Crippen LogP contribution in [0, 0.1) is 6.92 Å². The van der Waals surface area contributed by atoms with Crippen LogP contribution in [0.3, 0.4) is 0 Å². The maximum absolute atomic E-state index is 12.9. The SMILES string of the molecule is CC(=O)NCc1csc(C2CCN(S(=O)(=O)c3ccccc3C)CC2)n1. The third kappa shape index (κ3) is 4.13. The minimum Gasteiger partial charge on any atom is -0.351 e. The minimum absolute atomic E-state index is 0.0747. The van der Waals surface area contributed by atoms with Gasteiger partial charge in [-0.1, -0.05) is 18.2 Å².